The molecule has 24 heavy (non-hydrogen) atoms. The number of benzene rings is 1. The number of hydrogen-bond donors (Lipinski definition) is 2. The summed E-state index contributed by atoms with van der Waals surface area (Å²) in [5.74, 6) is -1.40. The second-order valence-corrected chi connectivity index (χ2v) is 5.72. The fourth-order valence-corrected chi connectivity index (χ4v) is 2.32. The number of hydrogen-bond acceptors (Lipinski definition) is 3. The number of carbonyl (C=O) groups excluding carboxylic acids is 1. The molecule has 0 heterocycles. The number of amides is 1. The van der Waals surface area contributed by atoms with Gasteiger partial charge in [-0.15, -0.1) is 6.58 Å². The number of carboxylic acids is 1. The Balaban J connectivity index is 2.22. The predicted octanol–water partition coefficient (Wildman–Crippen LogP) is 3.30. The van der Waals surface area contributed by atoms with E-state index in [1.165, 1.54) is 0 Å². The Kier molecular flexibility index (Phi) is 10.2. The number of carboxylic acid groups (broad SMARTS) is 1. The largest absolute Gasteiger partial charge is 0.480 e. The molecule has 0 fully saturated rings. The molecule has 5 nitrogen and oxygen atoms in total. The molecule has 1 atom stereocenters. The minimum Gasteiger partial charge on any atom is -0.480 e. The first-order valence-corrected chi connectivity index (χ1v) is 8.38. The maximum atomic E-state index is 11.8. The average molecular weight is 333 g/mol. The van der Waals surface area contributed by atoms with Crippen LogP contribution in [0.25, 0.3) is 0 Å². The van der Waals surface area contributed by atoms with E-state index in [4.69, 9.17) is 4.74 Å². The number of unbranched alkanes of at least 4 members (excludes halogenated alkanes) is 4. The van der Waals surface area contributed by atoms with Crippen LogP contribution in [0.2, 0.25) is 0 Å². The van der Waals surface area contributed by atoms with E-state index in [-0.39, 0.29) is 6.61 Å². The topological polar surface area (TPSA) is 75.6 Å². The maximum Gasteiger partial charge on any atom is 0.326 e. The molecular weight excluding hydrogens is 306 g/mol. The summed E-state index contributed by atoms with van der Waals surface area (Å²) in [5.41, 5.74) is 0.972. The van der Waals surface area contributed by atoms with Crippen LogP contribution in [0.1, 0.15) is 44.1 Å². The van der Waals surface area contributed by atoms with Gasteiger partial charge in [0.25, 0.3) is 0 Å². The fraction of sp³-hybridized carbons (Fsp3) is 0.474. The summed E-state index contributed by atoms with van der Waals surface area (Å²) in [7, 11) is 0. The molecule has 0 unspecified atom stereocenters. The Morgan fingerprint density at radius 1 is 1.17 bits per heavy atom. The number of ether oxygens (including phenoxy) is 1. The van der Waals surface area contributed by atoms with E-state index < -0.39 is 17.9 Å². The van der Waals surface area contributed by atoms with Crippen LogP contribution in [0.4, 0.5) is 0 Å². The summed E-state index contributed by atoms with van der Waals surface area (Å²) in [6, 6.07) is 8.67. The zero-order valence-electron chi connectivity index (χ0n) is 14.1. The summed E-state index contributed by atoms with van der Waals surface area (Å²) in [5, 5.41) is 11.7. The molecule has 0 aliphatic heterocycles. The summed E-state index contributed by atoms with van der Waals surface area (Å²) >= 11 is 0. The molecule has 0 aliphatic rings. The quantitative estimate of drug-likeness (QED) is 0.429. The van der Waals surface area contributed by atoms with Gasteiger partial charge >= 0.3 is 5.97 Å². The Morgan fingerprint density at radius 3 is 2.54 bits per heavy atom. The van der Waals surface area contributed by atoms with Gasteiger partial charge in [-0.25, -0.2) is 4.79 Å². The molecule has 0 radical (unpaired) electrons. The molecule has 1 rings (SSSR count). The Hall–Kier alpha value is -2.14. The van der Waals surface area contributed by atoms with Crippen LogP contribution < -0.4 is 5.32 Å². The van der Waals surface area contributed by atoms with Crippen LogP contribution in [-0.4, -0.2) is 29.6 Å². The first kappa shape index (κ1) is 19.9. The highest BCUT2D eigenvalue weighted by molar-refractivity contribution is 5.84. The number of allylic oxidation sites excluding steroid dienone is 1. The SMILES string of the molecule is C=CCCCCCC[C@@H](NC(=O)COCc1ccccc1)C(=O)O. The van der Waals surface area contributed by atoms with Crippen molar-refractivity contribution in [3.63, 3.8) is 0 Å². The maximum absolute atomic E-state index is 11.8. The average Bonchev–Trinajstić information content (AvgIpc) is 2.57. The molecule has 132 valence electrons. The van der Waals surface area contributed by atoms with E-state index in [0.29, 0.717) is 13.0 Å². The van der Waals surface area contributed by atoms with Crippen LogP contribution in [0, 0.1) is 0 Å². The highest BCUT2D eigenvalue weighted by Gasteiger charge is 2.19. The molecule has 0 aliphatic carbocycles. The van der Waals surface area contributed by atoms with Crippen molar-refractivity contribution < 1.29 is 19.4 Å². The molecule has 2 N–H and O–H groups in total. The number of rotatable bonds is 13. The summed E-state index contributed by atoms with van der Waals surface area (Å²) in [6.45, 7) is 3.86. The van der Waals surface area contributed by atoms with Gasteiger partial charge in [-0.2, -0.15) is 0 Å². The van der Waals surface area contributed by atoms with Crippen LogP contribution in [0.3, 0.4) is 0 Å². The van der Waals surface area contributed by atoms with Gasteiger partial charge in [-0.3, -0.25) is 4.79 Å². The molecular formula is C19H27NO4. The Morgan fingerprint density at radius 2 is 1.88 bits per heavy atom. The van der Waals surface area contributed by atoms with Gasteiger partial charge in [0.1, 0.15) is 12.6 Å². The molecule has 0 spiro atoms. The van der Waals surface area contributed by atoms with E-state index in [1.54, 1.807) is 0 Å². The van der Waals surface area contributed by atoms with E-state index in [1.807, 2.05) is 36.4 Å². The highest BCUT2D eigenvalue weighted by atomic mass is 16.5. The van der Waals surface area contributed by atoms with Gasteiger partial charge in [0.05, 0.1) is 6.61 Å². The fourth-order valence-electron chi connectivity index (χ4n) is 2.32. The lowest BCUT2D eigenvalue weighted by Gasteiger charge is -2.14. The van der Waals surface area contributed by atoms with E-state index >= 15 is 0 Å². The second kappa shape index (κ2) is 12.3. The summed E-state index contributed by atoms with van der Waals surface area (Å²) in [4.78, 5) is 23.0. The molecule has 0 saturated carbocycles. The summed E-state index contributed by atoms with van der Waals surface area (Å²) in [6.07, 6.45) is 7.16. The third kappa shape index (κ3) is 9.10. The van der Waals surface area contributed by atoms with E-state index in [9.17, 15) is 14.7 Å². The third-order valence-electron chi connectivity index (χ3n) is 3.63. The van der Waals surface area contributed by atoms with Crippen LogP contribution in [-0.2, 0) is 20.9 Å². The van der Waals surface area contributed by atoms with Crippen molar-refractivity contribution in [1.29, 1.82) is 0 Å². The molecule has 5 heteroatoms. The van der Waals surface area contributed by atoms with Crippen molar-refractivity contribution >= 4 is 11.9 Å². The first-order chi connectivity index (χ1) is 11.6. The minimum atomic E-state index is -1.00. The van der Waals surface area contributed by atoms with Crippen LogP contribution in [0.15, 0.2) is 43.0 Å². The lowest BCUT2D eigenvalue weighted by atomic mass is 10.1. The van der Waals surface area contributed by atoms with Crippen LogP contribution >= 0.6 is 0 Å². The molecule has 0 aromatic heterocycles. The second-order valence-electron chi connectivity index (χ2n) is 5.72. The molecule has 0 saturated heterocycles. The van der Waals surface area contributed by atoms with Gasteiger partial charge in [-0.1, -0.05) is 55.7 Å². The zero-order chi connectivity index (χ0) is 17.6. The van der Waals surface area contributed by atoms with Crippen molar-refractivity contribution in [2.75, 3.05) is 6.61 Å². The minimum absolute atomic E-state index is 0.141. The van der Waals surface area contributed by atoms with Gasteiger partial charge < -0.3 is 15.2 Å². The molecule has 1 aromatic rings. The van der Waals surface area contributed by atoms with E-state index in [2.05, 4.69) is 11.9 Å². The van der Waals surface area contributed by atoms with Gasteiger partial charge in [0.15, 0.2) is 0 Å². The number of aliphatic carboxylic acids is 1. The molecule has 1 aromatic carbocycles. The molecule has 0 bridgehead atoms. The lowest BCUT2D eigenvalue weighted by Crippen LogP contribution is -2.42. The third-order valence-corrected chi connectivity index (χ3v) is 3.63. The van der Waals surface area contributed by atoms with Crippen molar-refractivity contribution in [2.45, 2.75) is 51.2 Å². The van der Waals surface area contributed by atoms with Gasteiger partial charge in [0.2, 0.25) is 5.91 Å². The lowest BCUT2D eigenvalue weighted by molar-refractivity contribution is -0.142. The Bertz CT molecular complexity index is 501. The van der Waals surface area contributed by atoms with Crippen LogP contribution in [0.5, 0.6) is 0 Å². The first-order valence-electron chi connectivity index (χ1n) is 8.38. The van der Waals surface area contributed by atoms with Crippen molar-refractivity contribution in [1.82, 2.24) is 5.32 Å². The number of nitrogens with one attached hydrogen (secondary N) is 1. The smallest absolute Gasteiger partial charge is 0.326 e. The normalized spacial score (nSPS) is 11.7. The zero-order valence-corrected chi connectivity index (χ0v) is 14.1. The standard InChI is InChI=1S/C19H27NO4/c1-2-3-4-5-6-10-13-17(19(22)23)20-18(21)15-24-14-16-11-8-7-9-12-16/h2,7-9,11-12,17H,1,3-6,10,13-15H2,(H,20,21)(H,22,23)/t17-/m1/s1. The van der Waals surface area contributed by atoms with Crippen molar-refractivity contribution in [3.8, 4) is 0 Å². The monoisotopic (exact) mass is 333 g/mol. The van der Waals surface area contributed by atoms with Crippen molar-refractivity contribution in [2.24, 2.45) is 0 Å². The van der Waals surface area contributed by atoms with Crippen molar-refractivity contribution in [3.05, 3.63) is 48.6 Å². The van der Waals surface area contributed by atoms with Gasteiger partial charge in [-0.05, 0) is 24.8 Å². The number of carbonyl (C=O) groups is 2. The Labute approximate surface area is 143 Å². The van der Waals surface area contributed by atoms with Gasteiger partial charge in [0, 0.05) is 0 Å². The highest BCUT2D eigenvalue weighted by Crippen LogP contribution is 2.08. The van der Waals surface area contributed by atoms with E-state index in [0.717, 1.165) is 37.7 Å². The predicted molar refractivity (Wildman–Crippen MR) is 93.6 cm³/mol. The molecule has 1 amide bonds. The summed E-state index contributed by atoms with van der Waals surface area (Å²) < 4.78 is 5.32.